The van der Waals surface area contributed by atoms with E-state index < -0.39 is 124 Å². The second-order valence-electron chi connectivity index (χ2n) is 31.0. The predicted octanol–water partition coefficient (Wildman–Crippen LogP) is 17.0. The molecule has 3 fully saturated rings. The first kappa shape index (κ1) is 103. The number of hydrogen-bond acceptors (Lipinski definition) is 18. The van der Waals surface area contributed by atoms with Crippen molar-refractivity contribution in [2.45, 2.75) is 413 Å². The van der Waals surface area contributed by atoms with Crippen LogP contribution in [0, 0.1) is 0 Å². The first-order chi connectivity index (χ1) is 55.3. The summed E-state index contributed by atoms with van der Waals surface area (Å²) in [4.78, 5) is 13.5. The molecule has 19 nitrogen and oxygen atoms in total. The molecule has 648 valence electrons. The molecule has 1 amide bonds. The molecule has 3 rings (SSSR count). The maximum atomic E-state index is 13.5. The maximum Gasteiger partial charge on any atom is 0.220 e. The molecule has 0 aliphatic carbocycles. The fourth-order valence-corrected chi connectivity index (χ4v) is 14.0. The summed E-state index contributed by atoms with van der Waals surface area (Å²) in [6.45, 7) is 1.61. The standard InChI is InChI=1S/C94H159NO18/c1-3-5-7-9-11-13-15-17-19-21-23-25-27-29-31-32-33-34-35-36-37-38-39-40-41-42-43-44-46-48-50-52-54-56-58-60-62-64-66-68-70-72-82(100)95-77(78(99)71-69-67-65-63-61-59-57-55-53-51-49-47-45-30-28-26-24-22-20-18-16-14-12-10-8-6-4-2)76-108-92-88(106)85(103)90(80(74-97)110-92)113-94-89(107)86(104)91(81(75-98)111-94)112-93-87(105)84(102)83(101)79(73-96)109-93/h5,7,11,13,17,19,23,25,29,31,33-34,36-37,39-40,42-43,53,55,61,63,69,71,77-81,83-94,96-99,101-107H,3-4,6,8-10,12,14-16,18,20-22,24,26-28,30,32,35,38,41,44-52,54,56-60,62,64-68,70,72-76H2,1-2H3,(H,95,100)/b7-5-,13-11-,19-17-,25-23-,31-29-,34-33-,37-36-,40-39-,43-42-,55-53+,63-61+,71-69+. The van der Waals surface area contributed by atoms with E-state index >= 15 is 0 Å². The number of carbonyl (C=O) groups is 1. The molecule has 113 heavy (non-hydrogen) atoms. The quantitative estimate of drug-likeness (QED) is 0.0199. The van der Waals surface area contributed by atoms with Gasteiger partial charge in [0.25, 0.3) is 0 Å². The zero-order chi connectivity index (χ0) is 81.7. The molecule has 0 saturated carbocycles. The van der Waals surface area contributed by atoms with Gasteiger partial charge in [-0.15, -0.1) is 0 Å². The number of hydrogen-bond donors (Lipinski definition) is 12. The molecule has 0 aromatic rings. The van der Waals surface area contributed by atoms with Gasteiger partial charge in [-0.25, -0.2) is 0 Å². The molecule has 19 heteroatoms. The van der Waals surface area contributed by atoms with Crippen molar-refractivity contribution in [1.82, 2.24) is 5.32 Å². The predicted molar refractivity (Wildman–Crippen MR) is 456 cm³/mol. The Hall–Kier alpha value is -4.33. The van der Waals surface area contributed by atoms with Crippen molar-refractivity contribution in [2.75, 3.05) is 26.4 Å². The number of aliphatic hydroxyl groups is 11. The third kappa shape index (κ3) is 50.3. The smallest absolute Gasteiger partial charge is 0.220 e. The maximum absolute atomic E-state index is 13.5. The molecule has 3 heterocycles. The van der Waals surface area contributed by atoms with Gasteiger partial charge in [0.2, 0.25) is 5.91 Å². The lowest BCUT2D eigenvalue weighted by Gasteiger charge is -2.48. The van der Waals surface area contributed by atoms with Gasteiger partial charge in [-0.05, 0) is 116 Å². The first-order valence-electron chi connectivity index (χ1n) is 44.6. The summed E-state index contributed by atoms with van der Waals surface area (Å²) in [5, 5.41) is 121. The number of ether oxygens (including phenoxy) is 6. The zero-order valence-electron chi connectivity index (χ0n) is 69.8. The molecular weight excluding hydrogens is 1430 g/mol. The van der Waals surface area contributed by atoms with Crippen LogP contribution in [0.2, 0.25) is 0 Å². The summed E-state index contributed by atoms with van der Waals surface area (Å²) >= 11 is 0. The van der Waals surface area contributed by atoms with Gasteiger partial charge in [-0.2, -0.15) is 0 Å². The van der Waals surface area contributed by atoms with Crippen molar-refractivity contribution in [2.24, 2.45) is 0 Å². The third-order valence-corrected chi connectivity index (χ3v) is 21.1. The molecule has 0 spiro atoms. The fourth-order valence-electron chi connectivity index (χ4n) is 14.0. The highest BCUT2D eigenvalue weighted by Crippen LogP contribution is 2.33. The molecule has 3 saturated heterocycles. The van der Waals surface area contributed by atoms with Crippen LogP contribution in [-0.2, 0) is 33.2 Å². The van der Waals surface area contributed by atoms with E-state index in [1.54, 1.807) is 6.08 Å². The van der Waals surface area contributed by atoms with Crippen LogP contribution in [-0.4, -0.2) is 193 Å². The van der Waals surface area contributed by atoms with Crippen LogP contribution in [0.5, 0.6) is 0 Å². The molecule has 3 aliphatic heterocycles. The Morgan fingerprint density at radius 3 is 0.991 bits per heavy atom. The Balaban J connectivity index is 1.34. The van der Waals surface area contributed by atoms with Gasteiger partial charge < -0.3 is 89.9 Å². The number of amides is 1. The van der Waals surface area contributed by atoms with Crippen molar-refractivity contribution in [3.05, 3.63) is 146 Å². The van der Waals surface area contributed by atoms with Gasteiger partial charge in [-0.3, -0.25) is 4.79 Å². The van der Waals surface area contributed by atoms with E-state index in [4.69, 9.17) is 28.4 Å². The SMILES string of the molecule is CC/C=C\C/C=C\C/C=C\C/C=C\C/C=C\C/C=C\C/C=C\C/C=C\C/C=C\CCCCCCCCCCCCCCCC(=O)NC(COC1OC(CO)C(OC2OC(CO)C(OC3OC(CO)C(O)C(O)C3O)C(O)C2O)C(O)C1O)C(O)/C=C/CC/C=C/CC/C=C/CCCCCCCCCCCCCCCCCCC. The number of rotatable bonds is 70. The van der Waals surface area contributed by atoms with E-state index in [1.807, 2.05) is 6.08 Å². The van der Waals surface area contributed by atoms with Gasteiger partial charge in [0, 0.05) is 6.42 Å². The van der Waals surface area contributed by atoms with E-state index in [-0.39, 0.29) is 18.9 Å². The highest BCUT2D eigenvalue weighted by atomic mass is 16.8. The minimum Gasteiger partial charge on any atom is -0.394 e. The number of nitrogens with one attached hydrogen (secondary N) is 1. The molecule has 3 aliphatic rings. The average molecular weight is 1590 g/mol. The second-order valence-corrected chi connectivity index (χ2v) is 31.0. The monoisotopic (exact) mass is 1590 g/mol. The van der Waals surface area contributed by atoms with E-state index in [9.17, 15) is 61.0 Å². The number of carbonyl (C=O) groups excluding carboxylic acids is 1. The Labute approximate surface area is 683 Å². The molecule has 17 unspecified atom stereocenters. The summed E-state index contributed by atoms with van der Waals surface area (Å²) in [7, 11) is 0. The van der Waals surface area contributed by atoms with Crippen molar-refractivity contribution in [3.63, 3.8) is 0 Å². The number of unbranched alkanes of at least 4 members (excludes halogenated alkanes) is 32. The lowest BCUT2D eigenvalue weighted by atomic mass is 9.96. The van der Waals surface area contributed by atoms with Crippen LogP contribution in [0.4, 0.5) is 0 Å². The largest absolute Gasteiger partial charge is 0.394 e. The van der Waals surface area contributed by atoms with E-state index in [0.717, 1.165) is 116 Å². The normalized spacial score (nSPS) is 25.5. The Morgan fingerprint density at radius 1 is 0.327 bits per heavy atom. The van der Waals surface area contributed by atoms with Crippen molar-refractivity contribution >= 4 is 5.91 Å². The van der Waals surface area contributed by atoms with Gasteiger partial charge in [0.15, 0.2) is 18.9 Å². The van der Waals surface area contributed by atoms with Crippen LogP contribution in [0.1, 0.15) is 309 Å². The van der Waals surface area contributed by atoms with E-state index in [0.29, 0.717) is 12.8 Å². The lowest BCUT2D eigenvalue weighted by Crippen LogP contribution is -2.66. The minimum atomic E-state index is -1.99. The average Bonchev–Trinajstić information content (AvgIpc) is 0.777. The van der Waals surface area contributed by atoms with Gasteiger partial charge in [0.05, 0.1) is 38.6 Å². The summed E-state index contributed by atoms with van der Waals surface area (Å²) in [5.74, 6) is -0.294. The topological polar surface area (TPSA) is 307 Å². The number of allylic oxidation sites excluding steroid dienone is 23. The molecule has 0 bridgehead atoms. The number of aliphatic hydroxyl groups excluding tert-OH is 11. The first-order valence-corrected chi connectivity index (χ1v) is 44.6. The summed E-state index contributed by atoms with van der Waals surface area (Å²) in [6.07, 6.45) is 78.4. The van der Waals surface area contributed by atoms with Crippen LogP contribution in [0.25, 0.3) is 0 Å². The van der Waals surface area contributed by atoms with Crippen LogP contribution in [0.3, 0.4) is 0 Å². The molecule has 0 radical (unpaired) electrons. The van der Waals surface area contributed by atoms with E-state index in [2.05, 4.69) is 153 Å². The van der Waals surface area contributed by atoms with Crippen LogP contribution >= 0.6 is 0 Å². The highest BCUT2D eigenvalue weighted by molar-refractivity contribution is 5.76. The minimum absolute atomic E-state index is 0.222. The molecule has 12 N–H and O–H groups in total. The van der Waals surface area contributed by atoms with Gasteiger partial charge in [0.1, 0.15) is 73.2 Å². The van der Waals surface area contributed by atoms with Crippen LogP contribution < -0.4 is 5.32 Å². The Kier molecular flexibility index (Phi) is 65.3. The summed E-state index contributed by atoms with van der Waals surface area (Å²) < 4.78 is 34.5. The summed E-state index contributed by atoms with van der Waals surface area (Å²) in [6, 6.07) is -1.01. The molecule has 0 aromatic carbocycles. The fraction of sp³-hybridized carbons (Fsp3) is 0.734. The van der Waals surface area contributed by atoms with Gasteiger partial charge in [-0.1, -0.05) is 333 Å². The lowest BCUT2D eigenvalue weighted by molar-refractivity contribution is -0.379. The van der Waals surface area contributed by atoms with Crippen molar-refractivity contribution < 1.29 is 89.4 Å². The van der Waals surface area contributed by atoms with Gasteiger partial charge >= 0.3 is 0 Å². The third-order valence-electron chi connectivity index (χ3n) is 21.1. The molecule has 17 atom stereocenters. The van der Waals surface area contributed by atoms with E-state index in [1.165, 1.54) is 161 Å². The highest BCUT2D eigenvalue weighted by Gasteiger charge is 2.54. The Morgan fingerprint density at radius 2 is 0.619 bits per heavy atom. The van der Waals surface area contributed by atoms with Crippen LogP contribution in [0.15, 0.2) is 146 Å². The molecule has 0 aromatic heterocycles. The Bertz CT molecular complexity index is 2610. The van der Waals surface area contributed by atoms with Crippen molar-refractivity contribution in [3.8, 4) is 0 Å². The molecular formula is C94H159NO18. The van der Waals surface area contributed by atoms with Crippen molar-refractivity contribution in [1.29, 1.82) is 0 Å². The second kappa shape index (κ2) is 71.8. The summed E-state index contributed by atoms with van der Waals surface area (Å²) in [5.41, 5.74) is 0. The zero-order valence-corrected chi connectivity index (χ0v) is 69.8.